The second-order valence-corrected chi connectivity index (χ2v) is 3.94. The number of carboxylic acid groups (broad SMARTS) is 1. The van der Waals surface area contributed by atoms with Gasteiger partial charge >= 0.3 is 5.97 Å². The molecule has 0 saturated carbocycles. The van der Waals surface area contributed by atoms with E-state index >= 15 is 0 Å². The molecule has 2 atom stereocenters. The van der Waals surface area contributed by atoms with Crippen molar-refractivity contribution in [3.8, 4) is 0 Å². The molecule has 6 nitrogen and oxygen atoms in total. The van der Waals surface area contributed by atoms with Gasteiger partial charge in [-0.15, -0.1) is 0 Å². The van der Waals surface area contributed by atoms with Crippen LogP contribution < -0.4 is 5.32 Å². The molecule has 0 fully saturated rings. The summed E-state index contributed by atoms with van der Waals surface area (Å²) in [6.45, 7) is 5.26. The summed E-state index contributed by atoms with van der Waals surface area (Å²) in [5.74, 6) is -1.70. The van der Waals surface area contributed by atoms with E-state index in [9.17, 15) is 9.59 Å². The van der Waals surface area contributed by atoms with Gasteiger partial charge in [0.05, 0.1) is 5.69 Å². The molecule has 0 radical (unpaired) electrons. The number of amides is 1. The van der Waals surface area contributed by atoms with Gasteiger partial charge in [0.1, 0.15) is 6.04 Å². The second kappa shape index (κ2) is 5.47. The number of oxazole rings is 1. The molecule has 2 unspecified atom stereocenters. The molecular weight excluding hydrogens is 224 g/mol. The molecule has 94 valence electrons. The molecule has 0 aliphatic heterocycles. The zero-order valence-electron chi connectivity index (χ0n) is 10.1. The van der Waals surface area contributed by atoms with Crippen LogP contribution in [0.5, 0.6) is 0 Å². The van der Waals surface area contributed by atoms with Crippen molar-refractivity contribution in [1.29, 1.82) is 0 Å². The van der Waals surface area contributed by atoms with Crippen molar-refractivity contribution in [2.24, 2.45) is 5.92 Å². The maximum Gasteiger partial charge on any atom is 0.326 e. The molecule has 0 aliphatic carbocycles. The molecule has 6 heteroatoms. The summed E-state index contributed by atoms with van der Waals surface area (Å²) in [6, 6.07) is -0.919. The molecule has 1 aromatic rings. The number of carbonyl (C=O) groups is 2. The summed E-state index contributed by atoms with van der Waals surface area (Å²) in [4.78, 5) is 26.6. The summed E-state index contributed by atoms with van der Waals surface area (Å²) in [7, 11) is 0. The molecule has 17 heavy (non-hydrogen) atoms. The third-order valence-electron chi connectivity index (χ3n) is 2.72. The van der Waals surface area contributed by atoms with Gasteiger partial charge in [0.15, 0.2) is 6.39 Å². The Kier molecular flexibility index (Phi) is 4.25. The van der Waals surface area contributed by atoms with Gasteiger partial charge in [-0.3, -0.25) is 4.79 Å². The molecule has 0 saturated heterocycles. The molecule has 1 amide bonds. The molecule has 1 heterocycles. The number of aromatic nitrogens is 1. The highest BCUT2D eigenvalue weighted by molar-refractivity contribution is 5.95. The quantitative estimate of drug-likeness (QED) is 0.807. The molecule has 2 N–H and O–H groups in total. The highest BCUT2D eigenvalue weighted by Gasteiger charge is 2.27. The second-order valence-electron chi connectivity index (χ2n) is 3.94. The van der Waals surface area contributed by atoms with Crippen molar-refractivity contribution in [1.82, 2.24) is 10.3 Å². The topological polar surface area (TPSA) is 92.4 Å². The van der Waals surface area contributed by atoms with Crippen molar-refractivity contribution in [2.45, 2.75) is 33.2 Å². The van der Waals surface area contributed by atoms with Crippen LogP contribution in [-0.2, 0) is 4.79 Å². The van der Waals surface area contributed by atoms with E-state index in [0.29, 0.717) is 12.1 Å². The van der Waals surface area contributed by atoms with Crippen molar-refractivity contribution < 1.29 is 19.1 Å². The highest BCUT2D eigenvalue weighted by atomic mass is 16.4. The molecule has 0 spiro atoms. The van der Waals surface area contributed by atoms with Gasteiger partial charge in [-0.1, -0.05) is 20.3 Å². The van der Waals surface area contributed by atoms with Crippen LogP contribution in [0, 0.1) is 12.8 Å². The minimum atomic E-state index is -1.05. The Labute approximate surface area is 99.0 Å². The number of carbonyl (C=O) groups excluding carboxylic acids is 1. The van der Waals surface area contributed by atoms with Crippen molar-refractivity contribution >= 4 is 11.9 Å². The monoisotopic (exact) mass is 240 g/mol. The van der Waals surface area contributed by atoms with E-state index in [2.05, 4.69) is 10.3 Å². The van der Waals surface area contributed by atoms with Crippen molar-refractivity contribution in [3.05, 3.63) is 17.8 Å². The molecule has 0 aliphatic rings. The van der Waals surface area contributed by atoms with Gasteiger partial charge in [-0.2, -0.15) is 0 Å². The SMILES string of the molecule is CCC(C)C(NC(=O)c1ocnc1C)C(=O)O. The third-order valence-corrected chi connectivity index (χ3v) is 2.72. The van der Waals surface area contributed by atoms with Crippen LogP contribution in [0.25, 0.3) is 0 Å². The predicted octanol–water partition coefficient (Wildman–Crippen LogP) is 1.21. The number of hydrogen-bond acceptors (Lipinski definition) is 4. The Morgan fingerprint density at radius 1 is 1.59 bits per heavy atom. The van der Waals surface area contributed by atoms with E-state index in [-0.39, 0.29) is 11.7 Å². The Bertz CT molecular complexity index is 413. The first-order valence-corrected chi connectivity index (χ1v) is 5.41. The Balaban J connectivity index is 2.78. The smallest absolute Gasteiger partial charge is 0.326 e. The number of aliphatic carboxylic acids is 1. The fourth-order valence-electron chi connectivity index (χ4n) is 1.41. The first-order valence-electron chi connectivity index (χ1n) is 5.41. The summed E-state index contributed by atoms with van der Waals surface area (Å²) in [6.07, 6.45) is 1.82. The zero-order valence-corrected chi connectivity index (χ0v) is 10.1. The van der Waals surface area contributed by atoms with E-state index in [1.807, 2.05) is 6.92 Å². The number of rotatable bonds is 5. The van der Waals surface area contributed by atoms with Crippen LogP contribution in [0.15, 0.2) is 10.8 Å². The average Bonchev–Trinajstić information content (AvgIpc) is 2.70. The first kappa shape index (κ1) is 13.2. The zero-order chi connectivity index (χ0) is 13.0. The number of nitrogens with zero attached hydrogens (tertiary/aromatic N) is 1. The van der Waals surface area contributed by atoms with Crippen LogP contribution in [0.2, 0.25) is 0 Å². The van der Waals surface area contributed by atoms with E-state index in [4.69, 9.17) is 9.52 Å². The van der Waals surface area contributed by atoms with Crippen LogP contribution in [0.3, 0.4) is 0 Å². The van der Waals surface area contributed by atoms with Crippen molar-refractivity contribution in [2.75, 3.05) is 0 Å². The number of carboxylic acids is 1. The summed E-state index contributed by atoms with van der Waals surface area (Å²) in [5.41, 5.74) is 0.441. The molecule has 1 rings (SSSR count). The minimum absolute atomic E-state index is 0.0551. The van der Waals surface area contributed by atoms with Gasteiger partial charge in [0.25, 0.3) is 5.91 Å². The summed E-state index contributed by atoms with van der Waals surface area (Å²) >= 11 is 0. The van der Waals surface area contributed by atoms with E-state index < -0.39 is 17.9 Å². The van der Waals surface area contributed by atoms with E-state index in [1.54, 1.807) is 13.8 Å². The lowest BCUT2D eigenvalue weighted by molar-refractivity contribution is -0.140. The van der Waals surface area contributed by atoms with Gasteiger partial charge in [-0.25, -0.2) is 9.78 Å². The fourth-order valence-corrected chi connectivity index (χ4v) is 1.41. The van der Waals surface area contributed by atoms with Gasteiger partial charge in [0.2, 0.25) is 5.76 Å². The highest BCUT2D eigenvalue weighted by Crippen LogP contribution is 2.10. The molecule has 1 aromatic heterocycles. The maximum absolute atomic E-state index is 11.8. The van der Waals surface area contributed by atoms with Crippen molar-refractivity contribution in [3.63, 3.8) is 0 Å². The average molecular weight is 240 g/mol. The standard InChI is InChI=1S/C11H16N2O4/c1-4-6(2)8(11(15)16)13-10(14)9-7(3)12-5-17-9/h5-6,8H,4H2,1-3H3,(H,13,14)(H,15,16). The minimum Gasteiger partial charge on any atom is -0.480 e. The Morgan fingerprint density at radius 3 is 2.65 bits per heavy atom. The van der Waals surface area contributed by atoms with E-state index in [1.165, 1.54) is 0 Å². The fraction of sp³-hybridized carbons (Fsp3) is 0.545. The van der Waals surface area contributed by atoms with Gasteiger partial charge < -0.3 is 14.8 Å². The number of nitrogens with one attached hydrogen (secondary N) is 1. The lowest BCUT2D eigenvalue weighted by Crippen LogP contribution is -2.45. The maximum atomic E-state index is 11.8. The first-order chi connectivity index (χ1) is 7.97. The summed E-state index contributed by atoms with van der Waals surface area (Å²) < 4.78 is 4.90. The molecule has 0 aromatic carbocycles. The largest absolute Gasteiger partial charge is 0.480 e. The number of aryl methyl sites for hydroxylation is 1. The lowest BCUT2D eigenvalue weighted by Gasteiger charge is -2.19. The van der Waals surface area contributed by atoms with Crippen LogP contribution in [0.1, 0.15) is 36.5 Å². The third kappa shape index (κ3) is 3.05. The van der Waals surface area contributed by atoms with Crippen LogP contribution >= 0.6 is 0 Å². The summed E-state index contributed by atoms with van der Waals surface area (Å²) in [5, 5.41) is 11.5. The lowest BCUT2D eigenvalue weighted by atomic mass is 9.99. The van der Waals surface area contributed by atoms with Crippen LogP contribution in [-0.4, -0.2) is 28.0 Å². The van der Waals surface area contributed by atoms with E-state index in [0.717, 1.165) is 6.39 Å². The van der Waals surface area contributed by atoms with Gasteiger partial charge in [0, 0.05) is 0 Å². The van der Waals surface area contributed by atoms with Gasteiger partial charge in [-0.05, 0) is 12.8 Å². The molecular formula is C11H16N2O4. The number of hydrogen-bond donors (Lipinski definition) is 2. The molecule has 0 bridgehead atoms. The normalized spacial score (nSPS) is 14.1. The Morgan fingerprint density at radius 2 is 2.24 bits per heavy atom. The predicted molar refractivity (Wildman–Crippen MR) is 59.6 cm³/mol. The van der Waals surface area contributed by atoms with Crippen LogP contribution in [0.4, 0.5) is 0 Å². The Hall–Kier alpha value is -1.85.